The molecule has 1 aromatic rings. The summed E-state index contributed by atoms with van der Waals surface area (Å²) in [6.45, 7) is 4.51. The summed E-state index contributed by atoms with van der Waals surface area (Å²) in [7, 11) is -0.977. The van der Waals surface area contributed by atoms with Crippen molar-refractivity contribution in [3.05, 3.63) is 22.7 Å². The van der Waals surface area contributed by atoms with Crippen LogP contribution < -0.4 is 5.73 Å². The Morgan fingerprint density at radius 3 is 2.39 bits per heavy atom. The summed E-state index contributed by atoms with van der Waals surface area (Å²) in [4.78, 5) is 0.796. The van der Waals surface area contributed by atoms with Gasteiger partial charge in [-0.05, 0) is 49.3 Å². The molecule has 0 bridgehead atoms. The molecule has 1 fully saturated rings. The van der Waals surface area contributed by atoms with Crippen molar-refractivity contribution in [2.24, 2.45) is 11.8 Å². The topological polar surface area (TPSA) is 43.1 Å². The minimum atomic E-state index is -0.977. The second kappa shape index (κ2) is 5.74. The quantitative estimate of drug-likeness (QED) is 0.834. The third kappa shape index (κ3) is 3.15. The van der Waals surface area contributed by atoms with E-state index < -0.39 is 10.8 Å². The zero-order valence-electron chi connectivity index (χ0n) is 10.9. The molecule has 0 aliphatic heterocycles. The fourth-order valence-electron chi connectivity index (χ4n) is 2.93. The molecule has 2 N–H and O–H groups in total. The first-order valence-corrected chi connectivity index (χ1v) is 8.43. The van der Waals surface area contributed by atoms with Crippen molar-refractivity contribution in [2.45, 2.75) is 43.3 Å². The van der Waals surface area contributed by atoms with Crippen molar-refractivity contribution in [1.29, 1.82) is 0 Å². The van der Waals surface area contributed by atoms with Gasteiger partial charge in [0, 0.05) is 15.4 Å². The summed E-state index contributed by atoms with van der Waals surface area (Å²) < 4.78 is 13.6. The molecule has 0 amide bonds. The molecule has 1 aliphatic rings. The van der Waals surface area contributed by atoms with Gasteiger partial charge in [0.1, 0.15) is 0 Å². The monoisotopic (exact) mass is 329 g/mol. The molecule has 0 spiro atoms. The number of rotatable bonds is 2. The highest BCUT2D eigenvalue weighted by Crippen LogP contribution is 2.34. The molecule has 2 rings (SSSR count). The Morgan fingerprint density at radius 1 is 1.22 bits per heavy atom. The van der Waals surface area contributed by atoms with Gasteiger partial charge < -0.3 is 5.73 Å². The predicted molar refractivity (Wildman–Crippen MR) is 80.9 cm³/mol. The van der Waals surface area contributed by atoms with Crippen LogP contribution in [0.5, 0.6) is 0 Å². The lowest BCUT2D eigenvalue weighted by molar-refractivity contribution is 0.305. The smallest absolute Gasteiger partial charge is 0.0621 e. The number of nitrogen functional groups attached to an aromatic ring is 1. The van der Waals surface area contributed by atoms with Crippen LogP contribution in [-0.4, -0.2) is 9.46 Å². The first-order valence-electron chi connectivity index (χ1n) is 6.43. The zero-order valence-corrected chi connectivity index (χ0v) is 13.3. The van der Waals surface area contributed by atoms with Crippen molar-refractivity contribution >= 4 is 32.4 Å². The summed E-state index contributed by atoms with van der Waals surface area (Å²) >= 11 is 3.38. The number of hydrogen-bond acceptors (Lipinski definition) is 2. The van der Waals surface area contributed by atoms with Gasteiger partial charge in [0.15, 0.2) is 0 Å². The molecule has 2 nitrogen and oxygen atoms in total. The Labute approximate surface area is 120 Å². The van der Waals surface area contributed by atoms with Crippen molar-refractivity contribution < 1.29 is 4.21 Å². The lowest BCUT2D eigenvalue weighted by Gasteiger charge is -2.31. The molecule has 1 saturated carbocycles. The van der Waals surface area contributed by atoms with Gasteiger partial charge in [-0.1, -0.05) is 29.8 Å². The molecule has 18 heavy (non-hydrogen) atoms. The molecule has 0 saturated heterocycles. The van der Waals surface area contributed by atoms with Gasteiger partial charge in [0.05, 0.1) is 15.7 Å². The van der Waals surface area contributed by atoms with E-state index in [1.807, 2.05) is 18.2 Å². The van der Waals surface area contributed by atoms with E-state index in [9.17, 15) is 4.21 Å². The molecule has 3 unspecified atom stereocenters. The fraction of sp³-hybridized carbons (Fsp3) is 0.571. The third-order valence-electron chi connectivity index (χ3n) is 3.63. The van der Waals surface area contributed by atoms with Crippen LogP contribution in [0, 0.1) is 11.8 Å². The van der Waals surface area contributed by atoms with Crippen LogP contribution in [0.2, 0.25) is 0 Å². The second-order valence-electron chi connectivity index (χ2n) is 5.52. The van der Waals surface area contributed by atoms with E-state index in [-0.39, 0.29) is 5.25 Å². The molecule has 0 heterocycles. The Balaban J connectivity index is 2.20. The van der Waals surface area contributed by atoms with Crippen LogP contribution in [0.4, 0.5) is 5.69 Å². The van der Waals surface area contributed by atoms with Gasteiger partial charge in [-0.2, -0.15) is 0 Å². The van der Waals surface area contributed by atoms with Gasteiger partial charge in [0.2, 0.25) is 0 Å². The van der Waals surface area contributed by atoms with Gasteiger partial charge in [0.25, 0.3) is 0 Å². The largest absolute Gasteiger partial charge is 0.398 e. The van der Waals surface area contributed by atoms with Crippen LogP contribution in [0.15, 0.2) is 27.6 Å². The Bertz CT molecular complexity index is 453. The molecular formula is C14H20BrNOS. The highest BCUT2D eigenvalue weighted by Gasteiger charge is 2.29. The third-order valence-corrected chi connectivity index (χ3v) is 5.92. The highest BCUT2D eigenvalue weighted by molar-refractivity contribution is 9.10. The van der Waals surface area contributed by atoms with E-state index in [0.717, 1.165) is 22.2 Å². The normalized spacial score (nSPS) is 30.1. The lowest BCUT2D eigenvalue weighted by Crippen LogP contribution is -2.27. The summed E-state index contributed by atoms with van der Waals surface area (Å²) in [5.41, 5.74) is 6.61. The molecule has 1 aromatic carbocycles. The van der Waals surface area contributed by atoms with Crippen LogP contribution in [0.1, 0.15) is 33.1 Å². The Kier molecular flexibility index (Phi) is 4.49. The maximum Gasteiger partial charge on any atom is 0.0621 e. The molecule has 3 atom stereocenters. The lowest BCUT2D eigenvalue weighted by atomic mass is 9.83. The first-order chi connectivity index (χ1) is 8.47. The Hall–Kier alpha value is -0.350. The van der Waals surface area contributed by atoms with Crippen molar-refractivity contribution in [3.8, 4) is 0 Å². The van der Waals surface area contributed by atoms with E-state index >= 15 is 0 Å². The summed E-state index contributed by atoms with van der Waals surface area (Å²) in [6.07, 6.45) is 3.35. The van der Waals surface area contributed by atoms with Gasteiger partial charge in [-0.3, -0.25) is 4.21 Å². The maximum absolute atomic E-state index is 12.6. The van der Waals surface area contributed by atoms with Crippen molar-refractivity contribution in [1.82, 2.24) is 0 Å². The fourth-order valence-corrected chi connectivity index (χ4v) is 5.17. The van der Waals surface area contributed by atoms with Crippen LogP contribution in [0.25, 0.3) is 0 Å². The summed E-state index contributed by atoms with van der Waals surface area (Å²) in [5, 5.41) is 0.257. The predicted octanol–water partition coefficient (Wildman–Crippen LogP) is 3.96. The SMILES string of the molecule is CC1CC(C)CC(S(=O)c2ccc(Br)cc2N)C1. The van der Waals surface area contributed by atoms with Crippen LogP contribution >= 0.6 is 15.9 Å². The summed E-state index contributed by atoms with van der Waals surface area (Å²) in [6, 6.07) is 5.64. The number of nitrogens with two attached hydrogens (primary N) is 1. The Morgan fingerprint density at radius 2 is 1.83 bits per heavy atom. The number of halogens is 1. The second-order valence-corrected chi connectivity index (χ2v) is 8.14. The van der Waals surface area contributed by atoms with Gasteiger partial charge in [-0.25, -0.2) is 0 Å². The zero-order chi connectivity index (χ0) is 13.3. The summed E-state index contributed by atoms with van der Waals surface area (Å²) in [5.74, 6) is 1.33. The van der Waals surface area contributed by atoms with E-state index in [1.165, 1.54) is 6.42 Å². The van der Waals surface area contributed by atoms with Crippen LogP contribution in [-0.2, 0) is 10.8 Å². The van der Waals surface area contributed by atoms with Crippen molar-refractivity contribution in [2.75, 3.05) is 5.73 Å². The standard InChI is InChI=1S/C14H20BrNOS/c1-9-5-10(2)7-12(6-9)18(17)14-4-3-11(15)8-13(14)16/h3-4,8-10,12H,5-7,16H2,1-2H3. The van der Waals surface area contributed by atoms with Crippen LogP contribution in [0.3, 0.4) is 0 Å². The van der Waals surface area contributed by atoms with E-state index in [2.05, 4.69) is 29.8 Å². The average Bonchev–Trinajstić information content (AvgIpc) is 2.26. The minimum absolute atomic E-state index is 0.257. The number of hydrogen-bond donors (Lipinski definition) is 1. The molecule has 100 valence electrons. The maximum atomic E-state index is 12.6. The van der Waals surface area contributed by atoms with Crippen molar-refractivity contribution in [3.63, 3.8) is 0 Å². The molecular weight excluding hydrogens is 310 g/mol. The first kappa shape index (κ1) is 14.1. The van der Waals surface area contributed by atoms with E-state index in [0.29, 0.717) is 17.5 Å². The molecule has 4 heteroatoms. The highest BCUT2D eigenvalue weighted by atomic mass is 79.9. The average molecular weight is 330 g/mol. The minimum Gasteiger partial charge on any atom is -0.398 e. The number of benzene rings is 1. The van der Waals surface area contributed by atoms with Gasteiger partial charge >= 0.3 is 0 Å². The van der Waals surface area contributed by atoms with E-state index in [4.69, 9.17) is 5.73 Å². The van der Waals surface area contributed by atoms with E-state index in [1.54, 1.807) is 0 Å². The molecule has 1 aliphatic carbocycles. The molecule has 0 radical (unpaired) electrons. The number of anilines is 1. The van der Waals surface area contributed by atoms with Gasteiger partial charge in [-0.15, -0.1) is 0 Å². The molecule has 0 aromatic heterocycles.